The summed E-state index contributed by atoms with van der Waals surface area (Å²) in [4.78, 5) is 0. The molecule has 0 spiro atoms. The molecule has 1 aromatic rings. The van der Waals surface area contributed by atoms with Crippen molar-refractivity contribution in [3.63, 3.8) is 0 Å². The Kier molecular flexibility index (Phi) is 2.32. The highest BCUT2D eigenvalue weighted by Gasteiger charge is 2.08. The summed E-state index contributed by atoms with van der Waals surface area (Å²) in [5, 5.41) is 10.4. The molecule has 0 atom stereocenters. The first-order valence-corrected chi connectivity index (χ1v) is 2.97. The third-order valence-corrected chi connectivity index (χ3v) is 1.23. The standard InChI is InChI=1S/C7H4F3NO/c8-4-1-6(9)5(3-11-12)7(10)2-4/h1-3,12H. The Balaban J connectivity index is 3.28. The first kappa shape index (κ1) is 8.58. The molecule has 0 aromatic heterocycles. The van der Waals surface area contributed by atoms with E-state index in [1.165, 1.54) is 0 Å². The summed E-state index contributed by atoms with van der Waals surface area (Å²) in [5.74, 6) is -3.23. The summed E-state index contributed by atoms with van der Waals surface area (Å²) in [6.45, 7) is 0. The lowest BCUT2D eigenvalue weighted by atomic mass is 10.2. The van der Waals surface area contributed by atoms with Gasteiger partial charge in [-0.2, -0.15) is 0 Å². The number of hydrogen-bond donors (Lipinski definition) is 1. The summed E-state index contributed by atoms with van der Waals surface area (Å²) in [6.07, 6.45) is 0.560. The lowest BCUT2D eigenvalue weighted by molar-refractivity contribution is 0.321. The predicted octanol–water partition coefficient (Wildman–Crippen LogP) is 1.91. The van der Waals surface area contributed by atoms with E-state index >= 15 is 0 Å². The van der Waals surface area contributed by atoms with Crippen molar-refractivity contribution in [1.82, 2.24) is 0 Å². The highest BCUT2D eigenvalue weighted by atomic mass is 19.1. The molecule has 0 fully saturated rings. The van der Waals surface area contributed by atoms with Gasteiger partial charge in [-0.05, 0) is 0 Å². The molecule has 1 aromatic carbocycles. The van der Waals surface area contributed by atoms with E-state index in [1.54, 1.807) is 0 Å². The minimum absolute atomic E-state index is 0.500. The second-order valence-corrected chi connectivity index (χ2v) is 2.03. The average molecular weight is 175 g/mol. The minimum atomic E-state index is -1.11. The number of halogens is 3. The van der Waals surface area contributed by atoms with Gasteiger partial charge in [0.15, 0.2) is 0 Å². The molecule has 1 rings (SSSR count). The molecule has 12 heavy (non-hydrogen) atoms. The van der Waals surface area contributed by atoms with E-state index < -0.39 is 23.0 Å². The molecular weight excluding hydrogens is 171 g/mol. The van der Waals surface area contributed by atoms with Gasteiger partial charge in [0.2, 0.25) is 0 Å². The molecule has 0 saturated carbocycles. The Labute approximate surface area is 65.9 Å². The van der Waals surface area contributed by atoms with Crippen LogP contribution in [0, 0.1) is 17.5 Å². The molecule has 0 aliphatic carbocycles. The number of hydrogen-bond acceptors (Lipinski definition) is 2. The van der Waals surface area contributed by atoms with Crippen molar-refractivity contribution in [2.45, 2.75) is 0 Å². The maximum absolute atomic E-state index is 12.6. The van der Waals surface area contributed by atoms with Crippen LogP contribution >= 0.6 is 0 Å². The van der Waals surface area contributed by atoms with Crippen LogP contribution in [0.15, 0.2) is 17.3 Å². The highest BCUT2D eigenvalue weighted by Crippen LogP contribution is 2.12. The minimum Gasteiger partial charge on any atom is -0.411 e. The first-order valence-electron chi connectivity index (χ1n) is 2.97. The van der Waals surface area contributed by atoms with Crippen LogP contribution in [-0.4, -0.2) is 11.4 Å². The SMILES string of the molecule is ON=Cc1c(F)cc(F)cc1F. The predicted molar refractivity (Wildman–Crippen MR) is 35.7 cm³/mol. The smallest absolute Gasteiger partial charge is 0.137 e. The second kappa shape index (κ2) is 3.25. The van der Waals surface area contributed by atoms with Gasteiger partial charge in [-0.3, -0.25) is 0 Å². The van der Waals surface area contributed by atoms with Crippen LogP contribution in [-0.2, 0) is 0 Å². The fraction of sp³-hybridized carbons (Fsp3) is 0. The van der Waals surface area contributed by atoms with Gasteiger partial charge < -0.3 is 5.21 Å². The normalized spacial score (nSPS) is 10.9. The van der Waals surface area contributed by atoms with Crippen LogP contribution in [0.4, 0.5) is 13.2 Å². The third kappa shape index (κ3) is 1.55. The maximum atomic E-state index is 12.6. The van der Waals surface area contributed by atoms with E-state index in [1.807, 2.05) is 0 Å². The van der Waals surface area contributed by atoms with Crippen LogP contribution in [0.25, 0.3) is 0 Å². The molecule has 0 saturated heterocycles. The molecule has 0 bridgehead atoms. The van der Waals surface area contributed by atoms with Crippen molar-refractivity contribution in [3.8, 4) is 0 Å². The fourth-order valence-corrected chi connectivity index (χ4v) is 0.734. The average Bonchev–Trinajstić information content (AvgIpc) is 1.96. The summed E-state index contributed by atoms with van der Waals surface area (Å²) >= 11 is 0. The van der Waals surface area contributed by atoms with E-state index in [0.29, 0.717) is 18.3 Å². The van der Waals surface area contributed by atoms with Crippen LogP contribution in [0.2, 0.25) is 0 Å². The van der Waals surface area contributed by atoms with Crippen LogP contribution in [0.3, 0.4) is 0 Å². The molecule has 1 N–H and O–H groups in total. The lowest BCUT2D eigenvalue weighted by Gasteiger charge is -1.97. The Morgan fingerprint density at radius 2 is 1.67 bits per heavy atom. The van der Waals surface area contributed by atoms with Crippen molar-refractivity contribution in [2.24, 2.45) is 5.16 Å². The van der Waals surface area contributed by atoms with Gasteiger partial charge in [0.1, 0.15) is 17.5 Å². The zero-order chi connectivity index (χ0) is 9.14. The zero-order valence-corrected chi connectivity index (χ0v) is 5.76. The second-order valence-electron chi connectivity index (χ2n) is 2.03. The number of nitrogens with zero attached hydrogens (tertiary/aromatic N) is 1. The Bertz CT molecular complexity index is 301. The third-order valence-electron chi connectivity index (χ3n) is 1.23. The summed E-state index contributed by atoms with van der Waals surface area (Å²) < 4.78 is 37.5. The van der Waals surface area contributed by atoms with Gasteiger partial charge >= 0.3 is 0 Å². The number of benzene rings is 1. The van der Waals surface area contributed by atoms with Gasteiger partial charge in [-0.1, -0.05) is 5.16 Å². The van der Waals surface area contributed by atoms with Gasteiger partial charge in [0.25, 0.3) is 0 Å². The molecule has 5 heteroatoms. The van der Waals surface area contributed by atoms with E-state index in [9.17, 15) is 13.2 Å². The molecule has 0 radical (unpaired) electrons. The highest BCUT2D eigenvalue weighted by molar-refractivity contribution is 5.79. The monoisotopic (exact) mass is 175 g/mol. The van der Waals surface area contributed by atoms with Gasteiger partial charge in [-0.15, -0.1) is 0 Å². The fourth-order valence-electron chi connectivity index (χ4n) is 0.734. The van der Waals surface area contributed by atoms with Crippen LogP contribution in [0.5, 0.6) is 0 Å². The summed E-state index contributed by atoms with van der Waals surface area (Å²) in [5.41, 5.74) is -0.570. The quantitative estimate of drug-likeness (QED) is 0.394. The van der Waals surface area contributed by atoms with Gasteiger partial charge in [0.05, 0.1) is 11.8 Å². The van der Waals surface area contributed by atoms with Crippen molar-refractivity contribution in [2.75, 3.05) is 0 Å². The molecule has 0 amide bonds. The van der Waals surface area contributed by atoms with E-state index in [4.69, 9.17) is 5.21 Å². The van der Waals surface area contributed by atoms with E-state index in [-0.39, 0.29) is 0 Å². The van der Waals surface area contributed by atoms with Crippen molar-refractivity contribution < 1.29 is 18.4 Å². The molecule has 0 aliphatic heterocycles. The topological polar surface area (TPSA) is 32.6 Å². The number of rotatable bonds is 1. The van der Waals surface area contributed by atoms with Crippen molar-refractivity contribution >= 4 is 6.21 Å². The Hall–Kier alpha value is -1.52. The molecule has 0 unspecified atom stereocenters. The van der Waals surface area contributed by atoms with Gasteiger partial charge in [0, 0.05) is 12.1 Å². The summed E-state index contributed by atoms with van der Waals surface area (Å²) in [7, 11) is 0. The van der Waals surface area contributed by atoms with Gasteiger partial charge in [-0.25, -0.2) is 13.2 Å². The summed E-state index contributed by atoms with van der Waals surface area (Å²) in [6, 6.07) is 1.00. The Morgan fingerprint density at radius 3 is 2.08 bits per heavy atom. The largest absolute Gasteiger partial charge is 0.411 e. The maximum Gasteiger partial charge on any atom is 0.137 e. The first-order chi connectivity index (χ1) is 5.65. The van der Waals surface area contributed by atoms with Crippen molar-refractivity contribution in [3.05, 3.63) is 35.1 Å². The molecular formula is C7H4F3NO. The van der Waals surface area contributed by atoms with E-state index in [0.717, 1.165) is 0 Å². The van der Waals surface area contributed by atoms with Crippen molar-refractivity contribution in [1.29, 1.82) is 0 Å². The Morgan fingerprint density at radius 1 is 1.17 bits per heavy atom. The molecule has 0 heterocycles. The van der Waals surface area contributed by atoms with E-state index in [2.05, 4.69) is 5.16 Å². The molecule has 2 nitrogen and oxygen atoms in total. The van der Waals surface area contributed by atoms with Crippen LogP contribution in [0.1, 0.15) is 5.56 Å². The molecule has 0 aliphatic rings. The van der Waals surface area contributed by atoms with Crippen LogP contribution < -0.4 is 0 Å². The number of oxime groups is 1. The zero-order valence-electron chi connectivity index (χ0n) is 5.76. The molecule has 64 valence electrons. The lowest BCUT2D eigenvalue weighted by Crippen LogP contribution is -1.95.